The Labute approximate surface area is 519 Å². The van der Waals surface area contributed by atoms with E-state index in [0.29, 0.717) is 19.3 Å². The fraction of sp³-hybridized carbons (Fsp3) is 0.909. The van der Waals surface area contributed by atoms with E-state index in [1.165, 1.54) is 321 Å². The van der Waals surface area contributed by atoms with Crippen LogP contribution in [-0.2, 0) is 28.6 Å². The van der Waals surface area contributed by atoms with Gasteiger partial charge in [-0.2, -0.15) is 0 Å². The first-order valence-corrected chi connectivity index (χ1v) is 37.8. The normalized spacial score (nSPS) is 12.1. The Bertz CT molecular complexity index is 1340. The van der Waals surface area contributed by atoms with E-state index in [-0.39, 0.29) is 31.1 Å². The number of esters is 3. The largest absolute Gasteiger partial charge is 0.462 e. The molecule has 0 aromatic heterocycles. The van der Waals surface area contributed by atoms with Crippen molar-refractivity contribution in [3.63, 3.8) is 0 Å². The topological polar surface area (TPSA) is 78.9 Å². The molecule has 0 aliphatic heterocycles. The molecule has 1 atom stereocenters. The van der Waals surface area contributed by atoms with Gasteiger partial charge >= 0.3 is 17.9 Å². The fourth-order valence-corrected chi connectivity index (χ4v) is 11.8. The maximum atomic E-state index is 13.0. The molecule has 0 radical (unpaired) electrons. The molecule has 6 nitrogen and oxygen atoms in total. The summed E-state index contributed by atoms with van der Waals surface area (Å²) < 4.78 is 17.0. The Balaban J connectivity index is 4.24. The van der Waals surface area contributed by atoms with Gasteiger partial charge in [0.2, 0.25) is 0 Å². The number of allylic oxidation sites excluding steroid dienone is 4. The zero-order valence-corrected chi connectivity index (χ0v) is 56.5. The smallest absolute Gasteiger partial charge is 0.306 e. The van der Waals surface area contributed by atoms with Crippen LogP contribution in [0.5, 0.6) is 0 Å². The minimum atomic E-state index is -0.772. The van der Waals surface area contributed by atoms with Crippen LogP contribution < -0.4 is 0 Å². The molecule has 1 unspecified atom stereocenters. The molecule has 490 valence electrons. The molecular formula is C77H146O6. The van der Waals surface area contributed by atoms with E-state index in [4.69, 9.17) is 14.2 Å². The lowest BCUT2D eigenvalue weighted by Gasteiger charge is -2.18. The Morgan fingerprint density at radius 1 is 0.241 bits per heavy atom. The van der Waals surface area contributed by atoms with E-state index < -0.39 is 6.10 Å². The van der Waals surface area contributed by atoms with Crippen LogP contribution in [0, 0.1) is 0 Å². The Morgan fingerprint density at radius 3 is 0.687 bits per heavy atom. The Morgan fingerprint density at radius 2 is 0.434 bits per heavy atom. The van der Waals surface area contributed by atoms with Gasteiger partial charge in [0.1, 0.15) is 13.2 Å². The zero-order chi connectivity index (χ0) is 59.9. The molecule has 0 rings (SSSR count). The third kappa shape index (κ3) is 70.5. The zero-order valence-electron chi connectivity index (χ0n) is 56.5. The van der Waals surface area contributed by atoms with Gasteiger partial charge in [-0.25, -0.2) is 0 Å². The number of rotatable bonds is 71. The lowest BCUT2D eigenvalue weighted by molar-refractivity contribution is -0.167. The highest BCUT2D eigenvalue weighted by molar-refractivity contribution is 5.71. The second-order valence-electron chi connectivity index (χ2n) is 25.9. The van der Waals surface area contributed by atoms with E-state index in [0.717, 1.165) is 70.6 Å². The minimum absolute atomic E-state index is 0.0668. The van der Waals surface area contributed by atoms with Gasteiger partial charge in [-0.3, -0.25) is 14.4 Å². The van der Waals surface area contributed by atoms with E-state index in [1.807, 2.05) is 0 Å². The van der Waals surface area contributed by atoms with E-state index in [9.17, 15) is 14.4 Å². The number of hydrogen-bond acceptors (Lipinski definition) is 6. The minimum Gasteiger partial charge on any atom is -0.462 e. The maximum Gasteiger partial charge on any atom is 0.306 e. The molecule has 0 heterocycles. The third-order valence-corrected chi connectivity index (χ3v) is 17.5. The maximum absolute atomic E-state index is 13.0. The number of carbonyl (C=O) groups excluding carboxylic acids is 3. The van der Waals surface area contributed by atoms with Crippen LogP contribution in [0.4, 0.5) is 0 Å². The molecule has 0 N–H and O–H groups in total. The molecule has 0 aromatic rings. The van der Waals surface area contributed by atoms with Crippen molar-refractivity contribution in [1.29, 1.82) is 0 Å². The molecule has 0 bridgehead atoms. The third-order valence-electron chi connectivity index (χ3n) is 17.5. The molecule has 0 aliphatic rings. The van der Waals surface area contributed by atoms with Crippen molar-refractivity contribution < 1.29 is 28.6 Å². The fourth-order valence-electron chi connectivity index (χ4n) is 11.8. The van der Waals surface area contributed by atoms with Crippen LogP contribution in [0.3, 0.4) is 0 Å². The summed E-state index contributed by atoms with van der Waals surface area (Å²) in [4.78, 5) is 38.5. The molecule has 0 fully saturated rings. The van der Waals surface area contributed by atoms with Crippen LogP contribution in [0.2, 0.25) is 0 Å². The van der Waals surface area contributed by atoms with Gasteiger partial charge in [-0.1, -0.05) is 385 Å². The highest BCUT2D eigenvalue weighted by Gasteiger charge is 2.20. The summed E-state index contributed by atoms with van der Waals surface area (Å²) in [5.74, 6) is -0.837. The number of hydrogen-bond donors (Lipinski definition) is 0. The Kier molecular flexibility index (Phi) is 70.5. The van der Waals surface area contributed by atoms with Crippen LogP contribution >= 0.6 is 0 Å². The first-order valence-electron chi connectivity index (χ1n) is 37.8. The van der Waals surface area contributed by atoms with Crippen LogP contribution in [0.1, 0.15) is 432 Å². The molecule has 0 saturated heterocycles. The number of unbranched alkanes of at least 4 members (excludes halogenated alkanes) is 56. The van der Waals surface area contributed by atoms with Crippen LogP contribution in [-0.4, -0.2) is 37.2 Å². The average Bonchev–Trinajstić information content (AvgIpc) is 3.50. The summed E-state index contributed by atoms with van der Waals surface area (Å²) in [5.41, 5.74) is 0. The molecule has 0 aliphatic carbocycles. The molecule has 0 aromatic carbocycles. The predicted molar refractivity (Wildman–Crippen MR) is 363 cm³/mol. The van der Waals surface area contributed by atoms with Gasteiger partial charge in [0.15, 0.2) is 6.10 Å². The number of ether oxygens (including phenoxy) is 3. The van der Waals surface area contributed by atoms with Crippen molar-refractivity contribution in [2.24, 2.45) is 0 Å². The Hall–Kier alpha value is -2.11. The molecule has 83 heavy (non-hydrogen) atoms. The van der Waals surface area contributed by atoms with E-state index >= 15 is 0 Å². The van der Waals surface area contributed by atoms with Crippen molar-refractivity contribution in [2.75, 3.05) is 13.2 Å². The van der Waals surface area contributed by atoms with Gasteiger partial charge in [-0.15, -0.1) is 0 Å². The lowest BCUT2D eigenvalue weighted by atomic mass is 10.0. The molecular weight excluding hydrogens is 1020 g/mol. The molecule has 6 heteroatoms. The molecule has 0 spiro atoms. The standard InChI is InChI=1S/C77H146O6/c1-4-7-10-13-16-19-22-25-28-31-33-35-36-37-38-39-40-42-43-46-49-52-55-58-61-64-67-70-76(79)82-73-74(72-81-75(78)69-66-63-60-57-54-51-48-45-30-27-24-21-18-15-12-9-6-3)83-77(80)71-68-65-62-59-56-53-50-47-44-41-34-32-29-26-23-20-17-14-11-8-5-2/h18,21,27,30,74H,4-17,19-20,22-26,28-29,31-73H2,1-3H3/b21-18-,30-27-. The monoisotopic (exact) mass is 1170 g/mol. The second-order valence-corrected chi connectivity index (χ2v) is 25.9. The SMILES string of the molecule is CCCCC/C=C\C/C=C\CCCCCCCCCC(=O)OCC(COC(=O)CCCCCCCCCCCCCCCCCCCCCCCCCCCCC)OC(=O)CCCCCCCCCCCCCCCCCCCCCCC. The van der Waals surface area contributed by atoms with Crippen molar-refractivity contribution in [3.05, 3.63) is 24.3 Å². The van der Waals surface area contributed by atoms with Crippen molar-refractivity contribution >= 4 is 17.9 Å². The van der Waals surface area contributed by atoms with Crippen LogP contribution in [0.15, 0.2) is 24.3 Å². The van der Waals surface area contributed by atoms with E-state index in [1.54, 1.807) is 0 Å². The summed E-state index contributed by atoms with van der Waals surface area (Å²) in [5, 5.41) is 0. The molecule has 0 saturated carbocycles. The summed E-state index contributed by atoms with van der Waals surface area (Å²) >= 11 is 0. The summed E-state index contributed by atoms with van der Waals surface area (Å²) in [6.07, 6.45) is 89.4. The second kappa shape index (κ2) is 72.4. The van der Waals surface area contributed by atoms with Gasteiger partial charge in [0, 0.05) is 19.3 Å². The van der Waals surface area contributed by atoms with E-state index in [2.05, 4.69) is 45.1 Å². The first kappa shape index (κ1) is 80.9. The van der Waals surface area contributed by atoms with Gasteiger partial charge < -0.3 is 14.2 Å². The van der Waals surface area contributed by atoms with Gasteiger partial charge in [0.25, 0.3) is 0 Å². The average molecular weight is 1170 g/mol. The first-order chi connectivity index (χ1) is 41.0. The van der Waals surface area contributed by atoms with Gasteiger partial charge in [0.05, 0.1) is 0 Å². The summed E-state index contributed by atoms with van der Waals surface area (Å²) in [7, 11) is 0. The highest BCUT2D eigenvalue weighted by Crippen LogP contribution is 2.20. The van der Waals surface area contributed by atoms with Crippen molar-refractivity contribution in [1.82, 2.24) is 0 Å². The summed E-state index contributed by atoms with van der Waals surface area (Å²) in [6, 6.07) is 0. The van der Waals surface area contributed by atoms with Crippen molar-refractivity contribution in [3.8, 4) is 0 Å². The predicted octanol–water partition coefficient (Wildman–Crippen LogP) is 26.1. The lowest BCUT2D eigenvalue weighted by Crippen LogP contribution is -2.30. The quantitative estimate of drug-likeness (QED) is 0.0261. The van der Waals surface area contributed by atoms with Crippen molar-refractivity contribution in [2.45, 2.75) is 438 Å². The number of carbonyl (C=O) groups is 3. The molecule has 0 amide bonds. The van der Waals surface area contributed by atoms with Crippen LogP contribution in [0.25, 0.3) is 0 Å². The summed E-state index contributed by atoms with van der Waals surface area (Å²) in [6.45, 7) is 6.71. The highest BCUT2D eigenvalue weighted by atomic mass is 16.6. The van der Waals surface area contributed by atoms with Gasteiger partial charge in [-0.05, 0) is 51.4 Å².